The highest BCUT2D eigenvalue weighted by Crippen LogP contribution is 2.77. The van der Waals surface area contributed by atoms with Crippen LogP contribution in [0.15, 0.2) is 0 Å². The highest BCUT2D eigenvalue weighted by atomic mass is 16.5. The lowest BCUT2D eigenvalue weighted by molar-refractivity contribution is -0.247. The number of methoxy groups -OCH3 is 3. The smallest absolute Gasteiger partial charge is 0.229 e. The van der Waals surface area contributed by atoms with Crippen molar-refractivity contribution < 1.29 is 29.2 Å². The van der Waals surface area contributed by atoms with Gasteiger partial charge in [0.15, 0.2) is 0 Å². The molecule has 0 unspecified atom stereocenters. The molecule has 162 valence electrons. The minimum Gasteiger partial charge on any atom is -0.392 e. The maximum absolute atomic E-state index is 13.4. The molecule has 1 aliphatic heterocycles. The molecule has 5 saturated carbocycles. The fourth-order valence-corrected chi connectivity index (χ4v) is 9.80. The van der Waals surface area contributed by atoms with Gasteiger partial charge in [-0.3, -0.25) is 4.79 Å². The minimum atomic E-state index is -1.01. The van der Waals surface area contributed by atoms with E-state index in [2.05, 4.69) is 5.32 Å². The first-order valence-corrected chi connectivity index (χ1v) is 11.2. The zero-order chi connectivity index (χ0) is 20.3. The van der Waals surface area contributed by atoms with E-state index >= 15 is 0 Å². The summed E-state index contributed by atoms with van der Waals surface area (Å²) in [5.41, 5.74) is -1.83. The molecule has 3 N–H and O–H groups in total. The molecule has 12 atom stereocenters. The van der Waals surface area contributed by atoms with Gasteiger partial charge < -0.3 is 29.7 Å². The Hall–Kier alpha value is -0.730. The number of aliphatic hydroxyl groups is 2. The van der Waals surface area contributed by atoms with Gasteiger partial charge in [-0.15, -0.1) is 0 Å². The molecule has 7 nitrogen and oxygen atoms in total. The van der Waals surface area contributed by atoms with Crippen LogP contribution in [-0.2, 0) is 19.0 Å². The molecule has 6 aliphatic rings. The monoisotopic (exact) mass is 407 g/mol. The van der Waals surface area contributed by atoms with Crippen molar-refractivity contribution in [2.75, 3.05) is 27.9 Å². The number of nitrogens with one attached hydrogen (secondary N) is 1. The number of hydrogen-bond acceptors (Lipinski definition) is 6. The summed E-state index contributed by atoms with van der Waals surface area (Å²) in [6.45, 7) is 0.406. The van der Waals surface area contributed by atoms with Crippen molar-refractivity contribution in [3.8, 4) is 0 Å². The molecule has 1 heterocycles. The van der Waals surface area contributed by atoms with Gasteiger partial charge in [0.05, 0.1) is 35.9 Å². The van der Waals surface area contributed by atoms with E-state index in [1.165, 1.54) is 0 Å². The number of rotatable bonds is 4. The normalized spacial score (nSPS) is 61.6. The van der Waals surface area contributed by atoms with E-state index in [1.807, 2.05) is 0 Å². The van der Waals surface area contributed by atoms with E-state index in [4.69, 9.17) is 14.2 Å². The molecule has 29 heavy (non-hydrogen) atoms. The van der Waals surface area contributed by atoms with Crippen LogP contribution >= 0.6 is 0 Å². The third-order valence-electron chi connectivity index (χ3n) is 10.5. The molecule has 0 radical (unpaired) electrons. The lowest BCUT2D eigenvalue weighted by Crippen LogP contribution is -2.77. The summed E-state index contributed by atoms with van der Waals surface area (Å²) in [6.07, 6.45) is 3.04. The van der Waals surface area contributed by atoms with E-state index < -0.39 is 17.1 Å². The van der Waals surface area contributed by atoms with Crippen molar-refractivity contribution in [2.24, 2.45) is 40.4 Å². The molecule has 0 aromatic rings. The summed E-state index contributed by atoms with van der Waals surface area (Å²) in [7, 11) is 5.14. The van der Waals surface area contributed by atoms with Crippen molar-refractivity contribution in [1.82, 2.24) is 5.32 Å². The number of ether oxygens (including phenoxy) is 3. The second kappa shape index (κ2) is 5.74. The summed E-state index contributed by atoms with van der Waals surface area (Å²) in [5, 5.41) is 26.8. The second-order valence-corrected chi connectivity index (χ2v) is 10.7. The maximum Gasteiger partial charge on any atom is 0.229 e. The van der Waals surface area contributed by atoms with Crippen LogP contribution in [0.4, 0.5) is 0 Å². The van der Waals surface area contributed by atoms with Crippen LogP contribution < -0.4 is 5.32 Å². The van der Waals surface area contributed by atoms with Gasteiger partial charge in [0, 0.05) is 57.0 Å². The average molecular weight is 408 g/mol. The molecule has 7 heteroatoms. The Kier molecular flexibility index (Phi) is 3.76. The van der Waals surface area contributed by atoms with Crippen LogP contribution in [-0.4, -0.2) is 74.0 Å². The fraction of sp³-hybridized carbons (Fsp3) is 0.955. The van der Waals surface area contributed by atoms with Crippen molar-refractivity contribution >= 4 is 5.91 Å². The molecular weight excluding hydrogens is 374 g/mol. The van der Waals surface area contributed by atoms with Crippen LogP contribution in [0.3, 0.4) is 0 Å². The molecule has 5 aliphatic carbocycles. The van der Waals surface area contributed by atoms with Crippen LogP contribution in [0.1, 0.15) is 32.1 Å². The quantitative estimate of drug-likeness (QED) is 0.621. The first-order valence-electron chi connectivity index (χ1n) is 11.2. The predicted octanol–water partition coefficient (Wildman–Crippen LogP) is 0.326. The largest absolute Gasteiger partial charge is 0.392 e. The molecule has 1 spiro atoms. The Morgan fingerprint density at radius 2 is 1.97 bits per heavy atom. The van der Waals surface area contributed by atoms with E-state index in [-0.39, 0.29) is 59.2 Å². The van der Waals surface area contributed by atoms with Gasteiger partial charge in [0.25, 0.3) is 0 Å². The standard InChI is InChI=1S/C22H33NO6/c1-27-9-20-5-4-15(29-3)22-11-6-10-13(28-2)8-21(26,16(11)17(10)24)12(7-14(20)22)18(22)23-19(20)25/h10-18,24,26H,4-9H2,1-3H3,(H,23,25)/t10-,11-,12+,13+,14-,15+,16-,17+,18-,20+,21+,22-/m1/s1. The number of fused-ring (bicyclic) bond motifs is 2. The lowest BCUT2D eigenvalue weighted by Gasteiger charge is -2.66. The topological polar surface area (TPSA) is 97.2 Å². The van der Waals surface area contributed by atoms with Crippen molar-refractivity contribution in [1.29, 1.82) is 0 Å². The van der Waals surface area contributed by atoms with Gasteiger partial charge >= 0.3 is 0 Å². The molecule has 7 bridgehead atoms. The van der Waals surface area contributed by atoms with Gasteiger partial charge in [-0.2, -0.15) is 0 Å². The van der Waals surface area contributed by atoms with Crippen LogP contribution in [0.5, 0.6) is 0 Å². The molecule has 0 aromatic heterocycles. The van der Waals surface area contributed by atoms with E-state index in [0.29, 0.717) is 13.0 Å². The van der Waals surface area contributed by atoms with E-state index in [0.717, 1.165) is 25.7 Å². The molecule has 6 fully saturated rings. The van der Waals surface area contributed by atoms with E-state index in [1.54, 1.807) is 21.3 Å². The van der Waals surface area contributed by atoms with Crippen molar-refractivity contribution in [2.45, 2.75) is 62.1 Å². The molecule has 1 saturated heterocycles. The first-order chi connectivity index (χ1) is 13.9. The highest BCUT2D eigenvalue weighted by Gasteiger charge is 2.84. The van der Waals surface area contributed by atoms with Crippen molar-refractivity contribution in [3.05, 3.63) is 0 Å². The number of aliphatic hydroxyl groups excluding tert-OH is 1. The minimum absolute atomic E-state index is 0.0233. The highest BCUT2D eigenvalue weighted by molar-refractivity contribution is 5.86. The predicted molar refractivity (Wildman–Crippen MR) is 102 cm³/mol. The van der Waals surface area contributed by atoms with Gasteiger partial charge in [0.1, 0.15) is 0 Å². The Morgan fingerprint density at radius 3 is 2.66 bits per heavy atom. The average Bonchev–Trinajstić information content (AvgIpc) is 3.11. The van der Waals surface area contributed by atoms with Crippen LogP contribution in [0.2, 0.25) is 0 Å². The van der Waals surface area contributed by atoms with Gasteiger partial charge in [-0.05, 0) is 37.5 Å². The summed E-state index contributed by atoms with van der Waals surface area (Å²) < 4.78 is 17.5. The molecule has 1 amide bonds. The zero-order valence-corrected chi connectivity index (χ0v) is 17.5. The maximum atomic E-state index is 13.4. The molecular formula is C22H33NO6. The Bertz CT molecular complexity index is 747. The van der Waals surface area contributed by atoms with Crippen LogP contribution in [0.25, 0.3) is 0 Å². The summed E-state index contributed by atoms with van der Waals surface area (Å²) in [4.78, 5) is 13.4. The molecule has 0 aromatic carbocycles. The summed E-state index contributed by atoms with van der Waals surface area (Å²) in [5.74, 6) is 0.0966. The third-order valence-corrected chi connectivity index (χ3v) is 10.5. The molecule has 6 rings (SSSR count). The number of hydrogen-bond donors (Lipinski definition) is 3. The SMILES string of the molecule is COC[C@@]12CC[C@H](OC)[C@@]34[C@@H]5C[C@H]6[C@H](O)[C@@H]5[C@](O)(C[C@@H]6OC)[C@@H](C[C@H]13)[C@H]4NC2=O. The Labute approximate surface area is 171 Å². The Balaban J connectivity index is 1.57. The summed E-state index contributed by atoms with van der Waals surface area (Å²) in [6, 6.07) is -0.108. The lowest BCUT2D eigenvalue weighted by atomic mass is 9.43. The fourth-order valence-electron chi connectivity index (χ4n) is 9.80. The Morgan fingerprint density at radius 1 is 1.17 bits per heavy atom. The third kappa shape index (κ3) is 1.80. The number of carbonyl (C=O) groups is 1. The zero-order valence-electron chi connectivity index (χ0n) is 17.5. The van der Waals surface area contributed by atoms with Gasteiger partial charge in [-0.25, -0.2) is 0 Å². The van der Waals surface area contributed by atoms with Crippen LogP contribution in [0, 0.1) is 40.4 Å². The number of carbonyl (C=O) groups excluding carboxylic acids is 1. The number of piperidine rings is 1. The van der Waals surface area contributed by atoms with Crippen molar-refractivity contribution in [3.63, 3.8) is 0 Å². The summed E-state index contributed by atoms with van der Waals surface area (Å²) >= 11 is 0. The van der Waals surface area contributed by atoms with Gasteiger partial charge in [-0.1, -0.05) is 0 Å². The first kappa shape index (κ1) is 19.0. The van der Waals surface area contributed by atoms with E-state index in [9.17, 15) is 15.0 Å². The van der Waals surface area contributed by atoms with Gasteiger partial charge in [0.2, 0.25) is 5.91 Å². The number of amides is 1. The second-order valence-electron chi connectivity index (χ2n) is 10.7.